The van der Waals surface area contributed by atoms with E-state index in [1.165, 1.54) is 17.9 Å². The zero-order chi connectivity index (χ0) is 29.2. The molecule has 2 aromatic carbocycles. The molecule has 4 atom stereocenters. The van der Waals surface area contributed by atoms with Crippen molar-refractivity contribution in [2.75, 3.05) is 4.90 Å². The second kappa shape index (κ2) is 9.77. The monoisotopic (exact) mass is 547 g/mol. The fourth-order valence-electron chi connectivity index (χ4n) is 6.98. The van der Waals surface area contributed by atoms with Crippen LogP contribution in [0.2, 0.25) is 0 Å². The van der Waals surface area contributed by atoms with Crippen LogP contribution in [-0.2, 0) is 25.6 Å². The largest absolute Gasteiger partial charge is 0.507 e. The lowest BCUT2D eigenvalue weighted by atomic mass is 9.59. The molecule has 4 aliphatic rings. The minimum atomic E-state index is -0.722. The van der Waals surface area contributed by atoms with Gasteiger partial charge in [-0.15, -0.1) is 6.58 Å². The van der Waals surface area contributed by atoms with Gasteiger partial charge in [0.25, 0.3) is 0 Å². The predicted octanol–water partition coefficient (Wildman–Crippen LogP) is 4.96. The van der Waals surface area contributed by atoms with Gasteiger partial charge in [0, 0.05) is 33.8 Å². The van der Waals surface area contributed by atoms with Crippen molar-refractivity contribution >= 4 is 34.9 Å². The first kappa shape index (κ1) is 26.6. The number of ketones is 3. The number of nitrogens with zero attached hydrogens (tertiary/aromatic N) is 1. The SMILES string of the molecule is C=CCc1cccc([C@H]2C3=CC[C@@H]4C(=O)N(c5ccc(C(C)=O)cc5)C(=O)[C@@H]4[C@@H]3CC3=C2C(=O)C(C)=CC3=O)c1O. The van der Waals surface area contributed by atoms with E-state index in [4.69, 9.17) is 0 Å². The number of imide groups is 1. The quantitative estimate of drug-likeness (QED) is 0.245. The summed E-state index contributed by atoms with van der Waals surface area (Å²) in [4.78, 5) is 67.5. The molecule has 6 rings (SSSR count). The summed E-state index contributed by atoms with van der Waals surface area (Å²) in [6.07, 6.45) is 5.83. The molecule has 3 aliphatic carbocycles. The number of fused-ring (bicyclic) bond motifs is 3. The number of hydrogen-bond donors (Lipinski definition) is 1. The van der Waals surface area contributed by atoms with E-state index in [9.17, 15) is 29.1 Å². The van der Waals surface area contributed by atoms with Gasteiger partial charge in [0.1, 0.15) is 5.75 Å². The molecule has 7 heteroatoms. The van der Waals surface area contributed by atoms with Crippen LogP contribution in [0.5, 0.6) is 5.75 Å². The van der Waals surface area contributed by atoms with Crippen molar-refractivity contribution in [3.8, 4) is 5.75 Å². The maximum absolute atomic E-state index is 14.0. The molecular formula is C34H29NO6. The highest BCUT2D eigenvalue weighted by Gasteiger charge is 2.56. The van der Waals surface area contributed by atoms with Crippen molar-refractivity contribution in [1.82, 2.24) is 0 Å². The highest BCUT2D eigenvalue weighted by molar-refractivity contribution is 6.25. The average Bonchev–Trinajstić information content (AvgIpc) is 3.21. The van der Waals surface area contributed by atoms with Crippen LogP contribution in [0.4, 0.5) is 5.69 Å². The minimum Gasteiger partial charge on any atom is -0.507 e. The standard InChI is InChI=1S/C34H29NO6/c1-4-6-20-7-5-8-23(32(20)39)28-22-13-14-24-29(25(22)16-26-27(37)15-17(2)31(38)30(26)28)34(41)35(33(24)40)21-11-9-19(10-12-21)18(3)36/h4-5,7-13,15,24-25,28-29,39H,1,6,14,16H2,2-3H3/t24-,25+,28+,29-/m0/s1. The summed E-state index contributed by atoms with van der Waals surface area (Å²) in [5.41, 5.74) is 3.81. The molecular weight excluding hydrogens is 518 g/mol. The van der Waals surface area contributed by atoms with Crippen LogP contribution in [0, 0.1) is 17.8 Å². The number of para-hydroxylation sites is 1. The first-order valence-electron chi connectivity index (χ1n) is 13.7. The maximum atomic E-state index is 14.0. The Bertz CT molecular complexity index is 1670. The number of carbonyl (C=O) groups is 5. The van der Waals surface area contributed by atoms with Gasteiger partial charge in [0.05, 0.1) is 17.5 Å². The van der Waals surface area contributed by atoms with Gasteiger partial charge in [-0.3, -0.25) is 28.9 Å². The third-order valence-electron chi connectivity index (χ3n) is 8.92. The molecule has 0 spiro atoms. The van der Waals surface area contributed by atoms with Crippen molar-refractivity contribution in [1.29, 1.82) is 0 Å². The van der Waals surface area contributed by atoms with Crippen LogP contribution in [0.15, 0.2) is 89.6 Å². The van der Waals surface area contributed by atoms with Gasteiger partial charge in [-0.1, -0.05) is 35.9 Å². The fraction of sp³-hybridized carbons (Fsp3) is 0.265. The summed E-state index contributed by atoms with van der Waals surface area (Å²) in [5.74, 6) is -3.85. The number of allylic oxidation sites excluding steroid dienone is 7. The first-order valence-corrected chi connectivity index (χ1v) is 13.7. The Morgan fingerprint density at radius 1 is 1.05 bits per heavy atom. The van der Waals surface area contributed by atoms with E-state index in [0.29, 0.717) is 51.9 Å². The van der Waals surface area contributed by atoms with E-state index in [-0.39, 0.29) is 41.3 Å². The number of benzene rings is 2. The third kappa shape index (κ3) is 3.98. The normalized spacial score (nSPS) is 25.4. The third-order valence-corrected chi connectivity index (χ3v) is 8.92. The minimum absolute atomic E-state index is 0.0291. The summed E-state index contributed by atoms with van der Waals surface area (Å²) >= 11 is 0. The number of amides is 2. The van der Waals surface area contributed by atoms with E-state index in [1.54, 1.807) is 55.5 Å². The Morgan fingerprint density at radius 3 is 2.46 bits per heavy atom. The Balaban J connectivity index is 1.47. The highest BCUT2D eigenvalue weighted by atomic mass is 16.3. The summed E-state index contributed by atoms with van der Waals surface area (Å²) < 4.78 is 0. The molecule has 41 heavy (non-hydrogen) atoms. The lowest BCUT2D eigenvalue weighted by Gasteiger charge is -2.42. The topological polar surface area (TPSA) is 109 Å². The zero-order valence-corrected chi connectivity index (χ0v) is 22.8. The molecule has 1 saturated heterocycles. The van der Waals surface area contributed by atoms with Gasteiger partial charge in [0.2, 0.25) is 11.8 Å². The second-order valence-electron chi connectivity index (χ2n) is 11.2. The predicted molar refractivity (Wildman–Crippen MR) is 152 cm³/mol. The number of phenolic OH excluding ortho intramolecular Hbond substituents is 1. The number of phenols is 1. The molecule has 0 bridgehead atoms. The number of anilines is 1. The van der Waals surface area contributed by atoms with Crippen molar-refractivity contribution in [3.63, 3.8) is 0 Å². The summed E-state index contributed by atoms with van der Waals surface area (Å²) in [7, 11) is 0. The van der Waals surface area contributed by atoms with Gasteiger partial charge in [-0.25, -0.2) is 0 Å². The van der Waals surface area contributed by atoms with Gasteiger partial charge < -0.3 is 5.11 Å². The molecule has 0 saturated carbocycles. The van der Waals surface area contributed by atoms with Crippen LogP contribution in [0.1, 0.15) is 54.1 Å². The van der Waals surface area contributed by atoms with E-state index >= 15 is 0 Å². The number of aromatic hydroxyl groups is 1. The van der Waals surface area contributed by atoms with Crippen molar-refractivity contribution in [2.45, 2.75) is 39.0 Å². The van der Waals surface area contributed by atoms with E-state index < -0.39 is 23.7 Å². The average molecular weight is 548 g/mol. The summed E-state index contributed by atoms with van der Waals surface area (Å²) in [6, 6.07) is 11.7. The van der Waals surface area contributed by atoms with E-state index in [1.807, 2.05) is 6.08 Å². The Morgan fingerprint density at radius 2 is 1.78 bits per heavy atom. The number of rotatable bonds is 5. The lowest BCUT2D eigenvalue weighted by molar-refractivity contribution is -0.123. The smallest absolute Gasteiger partial charge is 0.238 e. The van der Waals surface area contributed by atoms with Crippen LogP contribution < -0.4 is 4.90 Å². The molecule has 2 aromatic rings. The molecule has 2 amide bonds. The molecule has 0 unspecified atom stereocenters. The van der Waals surface area contributed by atoms with Crippen molar-refractivity contribution in [3.05, 3.63) is 106 Å². The maximum Gasteiger partial charge on any atom is 0.238 e. The van der Waals surface area contributed by atoms with Gasteiger partial charge in [-0.05, 0) is 74.9 Å². The number of hydrogen-bond acceptors (Lipinski definition) is 6. The Hall–Kier alpha value is -4.65. The lowest BCUT2D eigenvalue weighted by Crippen LogP contribution is -2.39. The number of Topliss-reactive ketones (excluding diaryl/α,β-unsaturated/α-hetero) is 2. The second-order valence-corrected chi connectivity index (χ2v) is 11.2. The zero-order valence-electron chi connectivity index (χ0n) is 22.8. The van der Waals surface area contributed by atoms with Crippen molar-refractivity contribution in [2.24, 2.45) is 17.8 Å². The Kier molecular flexibility index (Phi) is 6.33. The molecule has 0 aromatic heterocycles. The summed E-state index contributed by atoms with van der Waals surface area (Å²) in [5, 5.41) is 11.3. The van der Waals surface area contributed by atoms with Crippen LogP contribution in [-0.4, -0.2) is 34.3 Å². The first-order chi connectivity index (χ1) is 19.6. The molecule has 206 valence electrons. The molecule has 1 aliphatic heterocycles. The number of carbonyl (C=O) groups excluding carboxylic acids is 5. The molecule has 1 fully saturated rings. The van der Waals surface area contributed by atoms with Crippen LogP contribution in [0.25, 0.3) is 0 Å². The fourth-order valence-corrected chi connectivity index (χ4v) is 6.98. The molecule has 1 N–H and O–H groups in total. The van der Waals surface area contributed by atoms with E-state index in [2.05, 4.69) is 6.58 Å². The van der Waals surface area contributed by atoms with Gasteiger partial charge >= 0.3 is 0 Å². The Labute approximate surface area is 237 Å². The highest BCUT2D eigenvalue weighted by Crippen LogP contribution is 2.56. The summed E-state index contributed by atoms with van der Waals surface area (Å²) in [6.45, 7) is 6.83. The molecule has 1 heterocycles. The van der Waals surface area contributed by atoms with Gasteiger partial charge in [-0.2, -0.15) is 0 Å². The van der Waals surface area contributed by atoms with Crippen LogP contribution in [0.3, 0.4) is 0 Å². The van der Waals surface area contributed by atoms with Crippen molar-refractivity contribution < 1.29 is 29.1 Å². The van der Waals surface area contributed by atoms with E-state index in [0.717, 1.165) is 5.57 Å². The molecule has 0 radical (unpaired) electrons. The van der Waals surface area contributed by atoms with Crippen LogP contribution >= 0.6 is 0 Å². The van der Waals surface area contributed by atoms with Gasteiger partial charge in [0.15, 0.2) is 17.3 Å². The molecule has 7 nitrogen and oxygen atoms in total.